The van der Waals surface area contributed by atoms with Crippen molar-refractivity contribution in [1.29, 1.82) is 0 Å². The number of amides is 1. The number of hydrogen-bond donors (Lipinski definition) is 1. The van der Waals surface area contributed by atoms with Crippen LogP contribution in [0.1, 0.15) is 28.9 Å². The van der Waals surface area contributed by atoms with Gasteiger partial charge in [0.2, 0.25) is 0 Å². The quantitative estimate of drug-likeness (QED) is 0.763. The van der Waals surface area contributed by atoms with Gasteiger partial charge in [0.15, 0.2) is 0 Å². The monoisotopic (exact) mass is 405 g/mol. The van der Waals surface area contributed by atoms with Crippen molar-refractivity contribution >= 4 is 28.5 Å². The second-order valence-electron chi connectivity index (χ2n) is 4.49. The summed E-state index contributed by atoms with van der Waals surface area (Å²) in [7, 11) is 0. The number of carbonyl (C=O) groups is 1. The van der Waals surface area contributed by atoms with Crippen LogP contribution in [0.5, 0.6) is 0 Å². The lowest BCUT2D eigenvalue weighted by Crippen LogP contribution is -2.28. The van der Waals surface area contributed by atoms with Crippen LogP contribution in [-0.2, 0) is 0 Å². The van der Waals surface area contributed by atoms with Crippen LogP contribution in [0.25, 0.3) is 0 Å². The number of rotatable bonds is 3. The summed E-state index contributed by atoms with van der Waals surface area (Å²) in [5, 5.41) is 2.60. The lowest BCUT2D eigenvalue weighted by molar-refractivity contribution is 0.0938. The zero-order valence-electron chi connectivity index (χ0n) is 11.0. The number of benzene rings is 2. The lowest BCUT2D eigenvalue weighted by atomic mass is 10.1. The van der Waals surface area contributed by atoms with Crippen LogP contribution < -0.4 is 5.32 Å². The molecule has 2 nitrogen and oxygen atoms in total. The maximum Gasteiger partial charge on any atom is 0.252 e. The summed E-state index contributed by atoms with van der Waals surface area (Å²) in [6.07, 6.45) is 0. The van der Waals surface area contributed by atoms with Gasteiger partial charge in [0.1, 0.15) is 17.5 Å². The largest absolute Gasteiger partial charge is 0.345 e. The molecule has 1 N–H and O–H groups in total. The van der Waals surface area contributed by atoms with Crippen molar-refractivity contribution in [2.75, 3.05) is 0 Å². The smallest absolute Gasteiger partial charge is 0.252 e. The van der Waals surface area contributed by atoms with Crippen LogP contribution in [0.3, 0.4) is 0 Å². The Kier molecular flexibility index (Phi) is 4.87. The molecule has 0 saturated heterocycles. The average molecular weight is 405 g/mol. The second-order valence-corrected chi connectivity index (χ2v) is 5.65. The molecule has 0 aliphatic carbocycles. The Morgan fingerprint density at radius 3 is 2.33 bits per heavy atom. The van der Waals surface area contributed by atoms with E-state index in [1.54, 1.807) is 6.92 Å². The summed E-state index contributed by atoms with van der Waals surface area (Å²) in [6.45, 7) is 1.59. The van der Waals surface area contributed by atoms with Gasteiger partial charge in [0.05, 0.1) is 11.6 Å². The first-order valence-electron chi connectivity index (χ1n) is 6.09. The van der Waals surface area contributed by atoms with Gasteiger partial charge >= 0.3 is 0 Å². The van der Waals surface area contributed by atoms with E-state index in [1.165, 1.54) is 24.3 Å². The fourth-order valence-corrected chi connectivity index (χ4v) is 2.60. The number of halogens is 4. The van der Waals surface area contributed by atoms with Crippen LogP contribution >= 0.6 is 22.6 Å². The standard InChI is InChI=1S/C15H11F3INO/c1-8(11-4-2-9(16)6-13(11)18)20-15(21)12-5-3-10(17)7-14(12)19/h2-8H,1H3,(H,20,21). The van der Waals surface area contributed by atoms with Gasteiger partial charge in [-0.3, -0.25) is 4.79 Å². The van der Waals surface area contributed by atoms with E-state index in [9.17, 15) is 18.0 Å². The van der Waals surface area contributed by atoms with E-state index in [1.807, 2.05) is 22.6 Å². The Morgan fingerprint density at radius 2 is 1.71 bits per heavy atom. The normalized spacial score (nSPS) is 12.0. The molecule has 2 aromatic rings. The van der Waals surface area contributed by atoms with E-state index in [0.29, 0.717) is 9.13 Å². The van der Waals surface area contributed by atoms with Crippen LogP contribution in [0, 0.1) is 21.0 Å². The van der Waals surface area contributed by atoms with Crippen LogP contribution in [0.4, 0.5) is 13.2 Å². The molecule has 1 atom stereocenters. The minimum atomic E-state index is -0.725. The zero-order chi connectivity index (χ0) is 15.6. The molecule has 2 rings (SSSR count). The summed E-state index contributed by atoms with van der Waals surface area (Å²) >= 11 is 1.85. The molecule has 0 saturated carbocycles. The minimum Gasteiger partial charge on any atom is -0.345 e. The maximum atomic E-state index is 13.6. The third-order valence-electron chi connectivity index (χ3n) is 2.95. The second kappa shape index (κ2) is 6.46. The summed E-state index contributed by atoms with van der Waals surface area (Å²) in [6, 6.07) is 6.31. The highest BCUT2D eigenvalue weighted by Crippen LogP contribution is 2.19. The first-order chi connectivity index (χ1) is 9.88. The average Bonchev–Trinajstić information content (AvgIpc) is 2.37. The van der Waals surface area contributed by atoms with E-state index >= 15 is 0 Å². The third kappa shape index (κ3) is 3.75. The Hall–Kier alpha value is -1.57. The fraction of sp³-hybridized carbons (Fsp3) is 0.133. The predicted octanol–water partition coefficient (Wildman–Crippen LogP) is 4.20. The summed E-state index contributed by atoms with van der Waals surface area (Å²) in [4.78, 5) is 12.1. The molecule has 110 valence electrons. The van der Waals surface area contributed by atoms with E-state index in [2.05, 4.69) is 5.32 Å². The number of nitrogens with one attached hydrogen (secondary N) is 1. The van der Waals surface area contributed by atoms with Gasteiger partial charge in [-0.15, -0.1) is 0 Å². The van der Waals surface area contributed by atoms with Crippen molar-refractivity contribution in [2.24, 2.45) is 0 Å². The molecule has 0 spiro atoms. The highest BCUT2D eigenvalue weighted by Gasteiger charge is 2.17. The summed E-state index contributed by atoms with van der Waals surface area (Å²) < 4.78 is 40.0. The van der Waals surface area contributed by atoms with Gasteiger partial charge in [-0.05, 0) is 53.8 Å². The summed E-state index contributed by atoms with van der Waals surface area (Å²) in [5.74, 6) is -2.29. The fourth-order valence-electron chi connectivity index (χ4n) is 1.88. The maximum absolute atomic E-state index is 13.6. The molecule has 0 aliphatic heterocycles. The summed E-state index contributed by atoms with van der Waals surface area (Å²) in [5.41, 5.74) is 0.480. The van der Waals surface area contributed by atoms with Gasteiger partial charge in [0, 0.05) is 15.2 Å². The van der Waals surface area contributed by atoms with Gasteiger partial charge < -0.3 is 5.32 Å². The van der Waals surface area contributed by atoms with Crippen molar-refractivity contribution < 1.29 is 18.0 Å². The van der Waals surface area contributed by atoms with E-state index in [-0.39, 0.29) is 5.56 Å². The Bertz CT molecular complexity index is 691. The molecule has 0 aromatic heterocycles. The minimum absolute atomic E-state index is 0.182. The van der Waals surface area contributed by atoms with Gasteiger partial charge in [-0.25, -0.2) is 13.2 Å². The molecular formula is C15H11F3INO. The molecular weight excluding hydrogens is 394 g/mol. The van der Waals surface area contributed by atoms with Crippen molar-refractivity contribution in [2.45, 2.75) is 13.0 Å². The van der Waals surface area contributed by atoms with E-state index in [4.69, 9.17) is 0 Å². The molecule has 0 fully saturated rings. The zero-order valence-corrected chi connectivity index (χ0v) is 13.1. The molecule has 1 unspecified atom stereocenters. The van der Waals surface area contributed by atoms with E-state index < -0.39 is 29.4 Å². The van der Waals surface area contributed by atoms with Crippen LogP contribution in [-0.4, -0.2) is 5.91 Å². The van der Waals surface area contributed by atoms with Crippen molar-refractivity contribution in [3.63, 3.8) is 0 Å². The molecule has 2 aromatic carbocycles. The van der Waals surface area contributed by atoms with Crippen LogP contribution in [0.2, 0.25) is 0 Å². The molecule has 0 bridgehead atoms. The van der Waals surface area contributed by atoms with Gasteiger partial charge in [-0.1, -0.05) is 6.07 Å². The number of hydrogen-bond acceptors (Lipinski definition) is 1. The Balaban J connectivity index is 2.18. The SMILES string of the molecule is CC(NC(=O)c1ccc(F)cc1I)c1ccc(F)cc1F. The van der Waals surface area contributed by atoms with E-state index in [0.717, 1.165) is 12.1 Å². The number of carbonyl (C=O) groups excluding carboxylic acids is 1. The first kappa shape index (κ1) is 15.8. The molecule has 0 aliphatic rings. The molecule has 21 heavy (non-hydrogen) atoms. The van der Waals surface area contributed by atoms with Gasteiger partial charge in [0.25, 0.3) is 5.91 Å². The van der Waals surface area contributed by atoms with Crippen molar-refractivity contribution in [1.82, 2.24) is 5.32 Å². The molecule has 0 radical (unpaired) electrons. The predicted molar refractivity (Wildman–Crippen MR) is 81.4 cm³/mol. The highest BCUT2D eigenvalue weighted by molar-refractivity contribution is 14.1. The molecule has 1 amide bonds. The topological polar surface area (TPSA) is 29.1 Å². The van der Waals surface area contributed by atoms with Gasteiger partial charge in [-0.2, -0.15) is 0 Å². The Labute approximate surface area is 133 Å². The molecule has 0 heterocycles. The lowest BCUT2D eigenvalue weighted by Gasteiger charge is -2.15. The van der Waals surface area contributed by atoms with Crippen molar-refractivity contribution in [3.8, 4) is 0 Å². The first-order valence-corrected chi connectivity index (χ1v) is 7.17. The third-order valence-corrected chi connectivity index (χ3v) is 3.84. The van der Waals surface area contributed by atoms with Crippen LogP contribution in [0.15, 0.2) is 36.4 Å². The Morgan fingerprint density at radius 1 is 1.10 bits per heavy atom. The van der Waals surface area contributed by atoms with Crippen molar-refractivity contribution in [3.05, 3.63) is 68.5 Å². The molecule has 6 heteroatoms. The highest BCUT2D eigenvalue weighted by atomic mass is 127.